The van der Waals surface area contributed by atoms with Crippen molar-refractivity contribution in [1.82, 2.24) is 15.0 Å². The fraction of sp³-hybridized carbons (Fsp3) is 0.750. The van der Waals surface area contributed by atoms with Gasteiger partial charge < -0.3 is 9.63 Å². The lowest BCUT2D eigenvalue weighted by molar-refractivity contribution is -0.138. The molecule has 0 bridgehead atoms. The van der Waals surface area contributed by atoms with Gasteiger partial charge in [0.05, 0.1) is 13.0 Å². The maximum absolute atomic E-state index is 10.7. The van der Waals surface area contributed by atoms with E-state index in [1.807, 2.05) is 18.7 Å². The van der Waals surface area contributed by atoms with Crippen LogP contribution >= 0.6 is 0 Å². The number of nitrogens with zero attached hydrogens (tertiary/aromatic N) is 3. The third-order valence-electron chi connectivity index (χ3n) is 2.82. The van der Waals surface area contributed by atoms with Gasteiger partial charge in [0.2, 0.25) is 5.89 Å². The van der Waals surface area contributed by atoms with Crippen LogP contribution in [0.15, 0.2) is 4.52 Å². The van der Waals surface area contributed by atoms with E-state index < -0.39 is 5.97 Å². The average molecular weight is 255 g/mol. The third kappa shape index (κ3) is 4.44. The Morgan fingerprint density at radius 3 is 2.78 bits per heavy atom. The molecule has 0 radical (unpaired) electrons. The van der Waals surface area contributed by atoms with Crippen molar-refractivity contribution in [3.8, 4) is 0 Å². The van der Waals surface area contributed by atoms with Crippen LogP contribution in [0, 0.1) is 0 Å². The zero-order chi connectivity index (χ0) is 13.5. The first kappa shape index (κ1) is 14.6. The molecule has 1 heterocycles. The Morgan fingerprint density at radius 2 is 2.22 bits per heavy atom. The van der Waals surface area contributed by atoms with E-state index in [-0.39, 0.29) is 12.5 Å². The number of aliphatic carboxylic acids is 1. The fourth-order valence-corrected chi connectivity index (χ4v) is 1.81. The second-order valence-electron chi connectivity index (χ2n) is 4.36. The van der Waals surface area contributed by atoms with Crippen LogP contribution < -0.4 is 0 Å². The van der Waals surface area contributed by atoms with Crippen LogP contribution in [0.4, 0.5) is 0 Å². The molecule has 0 aromatic carbocycles. The molecule has 0 aliphatic carbocycles. The molecule has 6 nitrogen and oxygen atoms in total. The van der Waals surface area contributed by atoms with Crippen LogP contribution in [0.5, 0.6) is 0 Å². The molecular weight excluding hydrogens is 234 g/mol. The minimum absolute atomic E-state index is 0.0411. The van der Waals surface area contributed by atoms with Crippen LogP contribution in [0.1, 0.15) is 45.3 Å². The van der Waals surface area contributed by atoms with Gasteiger partial charge in [-0.25, -0.2) is 0 Å². The number of hydrogen-bond donors (Lipinski definition) is 1. The highest BCUT2D eigenvalue weighted by atomic mass is 16.5. The lowest BCUT2D eigenvalue weighted by atomic mass is 10.2. The van der Waals surface area contributed by atoms with Gasteiger partial charge in [-0.05, 0) is 19.9 Å². The number of aryl methyl sites for hydroxylation is 1. The van der Waals surface area contributed by atoms with Crippen molar-refractivity contribution in [2.45, 2.75) is 52.6 Å². The normalized spacial score (nSPS) is 12.9. The van der Waals surface area contributed by atoms with Crippen LogP contribution in [-0.4, -0.2) is 38.7 Å². The molecule has 1 unspecified atom stereocenters. The first-order valence-corrected chi connectivity index (χ1v) is 6.34. The minimum atomic E-state index is -0.791. The highest BCUT2D eigenvalue weighted by Gasteiger charge is 2.18. The number of hydrogen-bond acceptors (Lipinski definition) is 5. The summed E-state index contributed by atoms with van der Waals surface area (Å²) in [5.74, 6) is 0.479. The van der Waals surface area contributed by atoms with E-state index in [1.54, 1.807) is 0 Å². The number of carboxylic acids is 1. The maximum Gasteiger partial charge on any atom is 0.304 e. The summed E-state index contributed by atoms with van der Waals surface area (Å²) in [5, 5.41) is 12.7. The van der Waals surface area contributed by atoms with Crippen LogP contribution in [0.25, 0.3) is 0 Å². The second kappa shape index (κ2) is 7.10. The van der Waals surface area contributed by atoms with Crippen molar-refractivity contribution in [3.05, 3.63) is 11.7 Å². The molecule has 18 heavy (non-hydrogen) atoms. The quantitative estimate of drug-likeness (QED) is 0.761. The molecule has 102 valence electrons. The SMILES string of the molecule is CCCc1nc(CN(CC)C(C)CC(=O)O)no1. The molecule has 0 aliphatic rings. The summed E-state index contributed by atoms with van der Waals surface area (Å²) in [5.41, 5.74) is 0. The third-order valence-corrected chi connectivity index (χ3v) is 2.82. The predicted octanol–water partition coefficient (Wildman–Crippen LogP) is 1.71. The molecule has 0 spiro atoms. The minimum Gasteiger partial charge on any atom is -0.481 e. The van der Waals surface area contributed by atoms with Crippen molar-refractivity contribution in [3.63, 3.8) is 0 Å². The van der Waals surface area contributed by atoms with E-state index in [0.29, 0.717) is 18.3 Å². The zero-order valence-corrected chi connectivity index (χ0v) is 11.2. The summed E-state index contributed by atoms with van der Waals surface area (Å²) in [4.78, 5) is 17.0. The molecule has 1 aromatic heterocycles. The summed E-state index contributed by atoms with van der Waals surface area (Å²) in [6.07, 6.45) is 1.87. The standard InChI is InChI=1S/C12H21N3O3/c1-4-6-11-13-10(14-18-11)8-15(5-2)9(3)7-12(16)17/h9H,4-8H2,1-3H3,(H,16,17). The first-order chi connectivity index (χ1) is 8.56. The van der Waals surface area contributed by atoms with Gasteiger partial charge in [-0.15, -0.1) is 0 Å². The van der Waals surface area contributed by atoms with E-state index in [9.17, 15) is 4.79 Å². The van der Waals surface area contributed by atoms with Gasteiger partial charge in [-0.2, -0.15) is 4.98 Å². The molecule has 0 amide bonds. The summed E-state index contributed by atoms with van der Waals surface area (Å²) in [6.45, 7) is 7.22. The fourth-order valence-electron chi connectivity index (χ4n) is 1.81. The highest BCUT2D eigenvalue weighted by Crippen LogP contribution is 2.09. The molecule has 0 saturated carbocycles. The molecule has 0 saturated heterocycles. The molecule has 1 aromatic rings. The van der Waals surface area contributed by atoms with Crippen LogP contribution in [0.2, 0.25) is 0 Å². The van der Waals surface area contributed by atoms with Crippen molar-refractivity contribution >= 4 is 5.97 Å². The van der Waals surface area contributed by atoms with Crippen LogP contribution in [0.3, 0.4) is 0 Å². The zero-order valence-electron chi connectivity index (χ0n) is 11.2. The number of carbonyl (C=O) groups is 1. The Labute approximate surface area is 107 Å². The Bertz CT molecular complexity index is 378. The predicted molar refractivity (Wildman–Crippen MR) is 66.1 cm³/mol. The van der Waals surface area contributed by atoms with E-state index in [0.717, 1.165) is 19.4 Å². The van der Waals surface area contributed by atoms with E-state index in [1.165, 1.54) is 0 Å². The van der Waals surface area contributed by atoms with Crippen molar-refractivity contribution in [1.29, 1.82) is 0 Å². The maximum atomic E-state index is 10.7. The van der Waals surface area contributed by atoms with Gasteiger partial charge >= 0.3 is 5.97 Å². The molecule has 1 atom stereocenters. The summed E-state index contributed by atoms with van der Waals surface area (Å²) in [7, 11) is 0. The van der Waals surface area contributed by atoms with Crippen LogP contribution in [-0.2, 0) is 17.8 Å². The molecule has 6 heteroatoms. The molecule has 1 N–H and O–H groups in total. The average Bonchev–Trinajstić information content (AvgIpc) is 2.73. The number of carboxylic acid groups (broad SMARTS) is 1. The van der Waals surface area contributed by atoms with E-state index in [4.69, 9.17) is 9.63 Å². The van der Waals surface area contributed by atoms with Gasteiger partial charge in [0, 0.05) is 12.5 Å². The lowest BCUT2D eigenvalue weighted by Crippen LogP contribution is -2.34. The summed E-state index contributed by atoms with van der Waals surface area (Å²) < 4.78 is 5.11. The van der Waals surface area contributed by atoms with Gasteiger partial charge in [0.15, 0.2) is 5.82 Å². The second-order valence-corrected chi connectivity index (χ2v) is 4.36. The smallest absolute Gasteiger partial charge is 0.304 e. The molecular formula is C12H21N3O3. The Morgan fingerprint density at radius 1 is 1.50 bits per heavy atom. The van der Waals surface area contributed by atoms with Gasteiger partial charge in [-0.1, -0.05) is 19.0 Å². The molecule has 0 aliphatic heterocycles. The Balaban J connectivity index is 2.58. The van der Waals surface area contributed by atoms with Gasteiger partial charge in [0.25, 0.3) is 0 Å². The summed E-state index contributed by atoms with van der Waals surface area (Å²) >= 11 is 0. The Kier molecular flexibility index (Phi) is 5.77. The van der Waals surface area contributed by atoms with E-state index >= 15 is 0 Å². The Hall–Kier alpha value is -1.43. The number of aromatic nitrogens is 2. The van der Waals surface area contributed by atoms with E-state index in [2.05, 4.69) is 17.1 Å². The summed E-state index contributed by atoms with van der Waals surface area (Å²) in [6, 6.07) is -0.0411. The van der Waals surface area contributed by atoms with Crippen molar-refractivity contribution in [2.24, 2.45) is 0 Å². The van der Waals surface area contributed by atoms with Crippen molar-refractivity contribution < 1.29 is 14.4 Å². The van der Waals surface area contributed by atoms with Gasteiger partial charge in [0.1, 0.15) is 0 Å². The van der Waals surface area contributed by atoms with Crippen molar-refractivity contribution in [2.75, 3.05) is 6.54 Å². The highest BCUT2D eigenvalue weighted by molar-refractivity contribution is 5.67. The molecule has 1 rings (SSSR count). The largest absolute Gasteiger partial charge is 0.481 e. The van der Waals surface area contributed by atoms with Gasteiger partial charge in [-0.3, -0.25) is 9.69 Å². The molecule has 0 fully saturated rings. The topological polar surface area (TPSA) is 79.5 Å². The lowest BCUT2D eigenvalue weighted by Gasteiger charge is -2.24. The first-order valence-electron chi connectivity index (χ1n) is 6.34. The number of rotatable bonds is 8. The monoisotopic (exact) mass is 255 g/mol.